The zero-order valence-electron chi connectivity index (χ0n) is 10.6. The van der Waals surface area contributed by atoms with E-state index in [0.29, 0.717) is 16.3 Å². The van der Waals surface area contributed by atoms with E-state index in [-0.39, 0.29) is 10.7 Å². The predicted octanol–water partition coefficient (Wildman–Crippen LogP) is 2.83. The summed E-state index contributed by atoms with van der Waals surface area (Å²) in [6, 6.07) is 10.7. The van der Waals surface area contributed by atoms with E-state index in [4.69, 9.17) is 5.14 Å². The maximum atomic E-state index is 13.6. The SMILES string of the molecule is NS(=O)(=O)c1ccc(Nc2nc3c(F)cccc3s2)cc1. The second kappa shape index (κ2) is 5.06. The molecule has 108 valence electrons. The van der Waals surface area contributed by atoms with E-state index in [0.717, 1.165) is 4.70 Å². The van der Waals surface area contributed by atoms with Crippen LogP contribution in [-0.4, -0.2) is 13.4 Å². The molecular formula is C13H10FN3O2S2. The van der Waals surface area contributed by atoms with Gasteiger partial charge in [0, 0.05) is 5.69 Å². The Hall–Kier alpha value is -2.03. The van der Waals surface area contributed by atoms with Gasteiger partial charge in [0.05, 0.1) is 9.60 Å². The van der Waals surface area contributed by atoms with Crippen molar-refractivity contribution in [3.63, 3.8) is 0 Å². The first kappa shape index (κ1) is 13.9. The first-order valence-corrected chi connectivity index (χ1v) is 8.25. The van der Waals surface area contributed by atoms with E-state index in [1.54, 1.807) is 24.3 Å². The van der Waals surface area contributed by atoms with Crippen molar-refractivity contribution < 1.29 is 12.8 Å². The standard InChI is InChI=1S/C13H10FN3O2S2/c14-10-2-1-3-11-12(10)17-13(20-11)16-8-4-6-9(7-5-8)21(15,18)19/h1-7H,(H,16,17)(H2,15,18,19). The quantitative estimate of drug-likeness (QED) is 0.776. The number of para-hydroxylation sites is 1. The van der Waals surface area contributed by atoms with Crippen LogP contribution in [0.2, 0.25) is 0 Å². The summed E-state index contributed by atoms with van der Waals surface area (Å²) >= 11 is 1.31. The number of primary sulfonamides is 1. The molecule has 1 aromatic heterocycles. The molecule has 3 N–H and O–H groups in total. The molecule has 0 atom stereocenters. The molecule has 1 heterocycles. The maximum absolute atomic E-state index is 13.6. The topological polar surface area (TPSA) is 85.1 Å². The molecular weight excluding hydrogens is 313 g/mol. The summed E-state index contributed by atoms with van der Waals surface area (Å²) in [5.74, 6) is -0.374. The smallest absolute Gasteiger partial charge is 0.238 e. The lowest BCUT2D eigenvalue weighted by molar-refractivity contribution is 0.598. The number of nitrogens with zero attached hydrogens (tertiary/aromatic N) is 1. The molecule has 3 aromatic rings. The Kier molecular flexibility index (Phi) is 3.36. The lowest BCUT2D eigenvalue weighted by atomic mass is 10.3. The molecule has 2 aromatic carbocycles. The molecule has 0 amide bonds. The molecule has 21 heavy (non-hydrogen) atoms. The fraction of sp³-hybridized carbons (Fsp3) is 0. The van der Waals surface area contributed by atoms with Crippen LogP contribution in [0.5, 0.6) is 0 Å². The number of halogens is 1. The van der Waals surface area contributed by atoms with Crippen LogP contribution in [0.4, 0.5) is 15.2 Å². The van der Waals surface area contributed by atoms with Crippen LogP contribution in [0.3, 0.4) is 0 Å². The van der Waals surface area contributed by atoms with E-state index < -0.39 is 10.0 Å². The van der Waals surface area contributed by atoms with Crippen LogP contribution in [-0.2, 0) is 10.0 Å². The van der Waals surface area contributed by atoms with Gasteiger partial charge < -0.3 is 5.32 Å². The van der Waals surface area contributed by atoms with Gasteiger partial charge in [-0.05, 0) is 36.4 Å². The van der Waals surface area contributed by atoms with Crippen molar-refractivity contribution in [1.82, 2.24) is 4.98 Å². The third-order valence-corrected chi connectivity index (χ3v) is 4.67. The largest absolute Gasteiger partial charge is 0.332 e. The van der Waals surface area contributed by atoms with Crippen molar-refractivity contribution in [2.75, 3.05) is 5.32 Å². The lowest BCUT2D eigenvalue weighted by Crippen LogP contribution is -2.11. The predicted molar refractivity (Wildman–Crippen MR) is 80.7 cm³/mol. The Labute approximate surface area is 124 Å². The van der Waals surface area contributed by atoms with Crippen LogP contribution >= 0.6 is 11.3 Å². The van der Waals surface area contributed by atoms with Crippen molar-refractivity contribution in [3.05, 3.63) is 48.3 Å². The van der Waals surface area contributed by atoms with E-state index >= 15 is 0 Å². The summed E-state index contributed by atoms with van der Waals surface area (Å²) in [6.45, 7) is 0. The van der Waals surface area contributed by atoms with Gasteiger partial charge in [0.1, 0.15) is 11.3 Å². The fourth-order valence-electron chi connectivity index (χ4n) is 1.82. The molecule has 0 radical (unpaired) electrons. The summed E-state index contributed by atoms with van der Waals surface area (Å²) < 4.78 is 36.6. The zero-order chi connectivity index (χ0) is 15.0. The summed E-state index contributed by atoms with van der Waals surface area (Å²) in [4.78, 5) is 4.20. The van der Waals surface area contributed by atoms with Crippen molar-refractivity contribution >= 4 is 42.4 Å². The Morgan fingerprint density at radius 1 is 1.14 bits per heavy atom. The number of nitrogens with one attached hydrogen (secondary N) is 1. The number of sulfonamides is 1. The highest BCUT2D eigenvalue weighted by atomic mass is 32.2. The van der Waals surface area contributed by atoms with Gasteiger partial charge >= 0.3 is 0 Å². The number of thiazole rings is 1. The number of anilines is 2. The summed E-state index contributed by atoms with van der Waals surface area (Å²) in [6.07, 6.45) is 0. The number of fused-ring (bicyclic) bond motifs is 1. The van der Waals surface area contributed by atoms with E-state index in [1.807, 2.05) is 0 Å². The van der Waals surface area contributed by atoms with Gasteiger partial charge in [-0.25, -0.2) is 22.9 Å². The Morgan fingerprint density at radius 3 is 2.48 bits per heavy atom. The number of aromatic nitrogens is 1. The number of benzene rings is 2. The van der Waals surface area contributed by atoms with E-state index in [9.17, 15) is 12.8 Å². The molecule has 3 rings (SSSR count). The second-order valence-corrected chi connectivity index (χ2v) is 6.89. The third-order valence-electron chi connectivity index (χ3n) is 2.80. The molecule has 0 saturated heterocycles. The first-order chi connectivity index (χ1) is 9.93. The molecule has 0 bridgehead atoms. The molecule has 0 fully saturated rings. The summed E-state index contributed by atoms with van der Waals surface area (Å²) in [7, 11) is -3.71. The third kappa shape index (κ3) is 2.87. The number of hydrogen-bond donors (Lipinski definition) is 2. The van der Waals surface area contributed by atoms with Gasteiger partial charge in [0.15, 0.2) is 5.13 Å². The molecule has 0 saturated carbocycles. The summed E-state index contributed by atoms with van der Waals surface area (Å²) in [5.41, 5.74) is 0.952. The molecule has 5 nitrogen and oxygen atoms in total. The van der Waals surface area contributed by atoms with Gasteiger partial charge in [-0.2, -0.15) is 0 Å². The lowest BCUT2D eigenvalue weighted by Gasteiger charge is -2.03. The van der Waals surface area contributed by atoms with Crippen molar-refractivity contribution in [1.29, 1.82) is 0 Å². The highest BCUT2D eigenvalue weighted by Crippen LogP contribution is 2.29. The van der Waals surface area contributed by atoms with Crippen LogP contribution in [0.1, 0.15) is 0 Å². The van der Waals surface area contributed by atoms with Crippen LogP contribution in [0, 0.1) is 5.82 Å². The Bertz CT molecular complexity index is 905. The zero-order valence-corrected chi connectivity index (χ0v) is 12.2. The Balaban J connectivity index is 1.90. The van der Waals surface area contributed by atoms with E-state index in [1.165, 1.54) is 29.5 Å². The molecule has 0 aliphatic heterocycles. The van der Waals surface area contributed by atoms with Crippen molar-refractivity contribution in [2.24, 2.45) is 5.14 Å². The minimum absolute atomic E-state index is 0.0309. The van der Waals surface area contributed by atoms with Crippen molar-refractivity contribution in [3.8, 4) is 0 Å². The molecule has 0 spiro atoms. The highest BCUT2D eigenvalue weighted by molar-refractivity contribution is 7.89. The number of hydrogen-bond acceptors (Lipinski definition) is 5. The average Bonchev–Trinajstić information content (AvgIpc) is 2.82. The maximum Gasteiger partial charge on any atom is 0.238 e. The molecule has 0 aliphatic carbocycles. The Morgan fingerprint density at radius 2 is 1.86 bits per heavy atom. The van der Waals surface area contributed by atoms with E-state index in [2.05, 4.69) is 10.3 Å². The van der Waals surface area contributed by atoms with Gasteiger partial charge in [-0.15, -0.1) is 0 Å². The van der Waals surface area contributed by atoms with Gasteiger partial charge in [0.2, 0.25) is 10.0 Å². The average molecular weight is 323 g/mol. The fourth-order valence-corrected chi connectivity index (χ4v) is 3.24. The van der Waals surface area contributed by atoms with Crippen LogP contribution in [0.25, 0.3) is 10.2 Å². The first-order valence-electron chi connectivity index (χ1n) is 5.88. The monoisotopic (exact) mass is 323 g/mol. The van der Waals surface area contributed by atoms with Gasteiger partial charge in [-0.3, -0.25) is 0 Å². The molecule has 0 unspecified atom stereocenters. The molecule has 0 aliphatic rings. The van der Waals surface area contributed by atoms with Crippen LogP contribution in [0.15, 0.2) is 47.4 Å². The van der Waals surface area contributed by atoms with Gasteiger partial charge in [-0.1, -0.05) is 17.4 Å². The molecule has 8 heteroatoms. The van der Waals surface area contributed by atoms with Gasteiger partial charge in [0.25, 0.3) is 0 Å². The van der Waals surface area contributed by atoms with Crippen LogP contribution < -0.4 is 10.5 Å². The summed E-state index contributed by atoms with van der Waals surface area (Å²) in [5, 5.41) is 8.56. The minimum atomic E-state index is -3.71. The number of nitrogens with two attached hydrogens (primary N) is 1. The second-order valence-electron chi connectivity index (χ2n) is 4.30. The number of rotatable bonds is 3. The normalized spacial score (nSPS) is 11.7. The highest BCUT2D eigenvalue weighted by Gasteiger charge is 2.09. The van der Waals surface area contributed by atoms with Crippen molar-refractivity contribution in [2.45, 2.75) is 4.90 Å². The minimum Gasteiger partial charge on any atom is -0.332 e.